The largest absolute Gasteiger partial charge is 0.383 e. The summed E-state index contributed by atoms with van der Waals surface area (Å²) in [7, 11) is 0. The summed E-state index contributed by atoms with van der Waals surface area (Å²) in [5, 5.41) is 12.4. The summed E-state index contributed by atoms with van der Waals surface area (Å²) in [6.07, 6.45) is 3.84. The Labute approximate surface area is 105 Å². The van der Waals surface area contributed by atoms with Crippen LogP contribution in [0.1, 0.15) is 31.7 Å². The number of anilines is 1. The molecule has 3 heteroatoms. The van der Waals surface area contributed by atoms with Gasteiger partial charge in [-0.3, -0.25) is 0 Å². The molecule has 0 amide bonds. The van der Waals surface area contributed by atoms with Crippen molar-refractivity contribution in [3.63, 3.8) is 0 Å². The smallest absolute Gasteiger partial charge is 0.101 e. The van der Waals surface area contributed by atoms with Crippen molar-refractivity contribution < 1.29 is 0 Å². The molecule has 1 aromatic rings. The van der Waals surface area contributed by atoms with Gasteiger partial charge in [-0.25, -0.2) is 0 Å². The molecule has 0 bridgehead atoms. The Bertz CT molecular complexity index is 430. The average Bonchev–Trinajstić information content (AvgIpc) is 3.07. The summed E-state index contributed by atoms with van der Waals surface area (Å²) in [5.41, 5.74) is 2.15. The molecule has 1 fully saturated rings. The SMILES string of the molecule is CCC1(CNc2cc(Br)ccc2C#N)CC1. The molecule has 0 saturated heterocycles. The van der Waals surface area contributed by atoms with Gasteiger partial charge in [-0.2, -0.15) is 5.26 Å². The van der Waals surface area contributed by atoms with E-state index in [0.29, 0.717) is 5.41 Å². The zero-order valence-corrected chi connectivity index (χ0v) is 11.0. The maximum atomic E-state index is 9.01. The summed E-state index contributed by atoms with van der Waals surface area (Å²) in [4.78, 5) is 0. The molecule has 0 unspecified atom stereocenters. The van der Waals surface area contributed by atoms with Crippen molar-refractivity contribution in [1.82, 2.24) is 0 Å². The van der Waals surface area contributed by atoms with Gasteiger partial charge in [-0.15, -0.1) is 0 Å². The predicted octanol–water partition coefficient (Wildman–Crippen LogP) is 3.92. The van der Waals surface area contributed by atoms with Crippen LogP contribution in [-0.4, -0.2) is 6.54 Å². The van der Waals surface area contributed by atoms with Gasteiger partial charge in [0.2, 0.25) is 0 Å². The lowest BCUT2D eigenvalue weighted by atomic mass is 10.0. The fourth-order valence-corrected chi connectivity index (χ4v) is 2.24. The minimum atomic E-state index is 0.495. The van der Waals surface area contributed by atoms with Gasteiger partial charge >= 0.3 is 0 Å². The zero-order chi connectivity index (χ0) is 11.6. The summed E-state index contributed by atoms with van der Waals surface area (Å²) >= 11 is 3.43. The number of halogens is 1. The monoisotopic (exact) mass is 278 g/mol. The Hall–Kier alpha value is -1.01. The number of nitrogens with one attached hydrogen (secondary N) is 1. The highest BCUT2D eigenvalue weighted by atomic mass is 79.9. The van der Waals surface area contributed by atoms with Crippen LogP contribution in [0.4, 0.5) is 5.69 Å². The van der Waals surface area contributed by atoms with Gasteiger partial charge < -0.3 is 5.32 Å². The van der Waals surface area contributed by atoms with E-state index < -0.39 is 0 Å². The van der Waals surface area contributed by atoms with E-state index >= 15 is 0 Å². The van der Waals surface area contributed by atoms with Gasteiger partial charge in [-0.05, 0) is 42.9 Å². The minimum absolute atomic E-state index is 0.495. The summed E-state index contributed by atoms with van der Waals surface area (Å²) in [5.74, 6) is 0. The number of nitriles is 1. The molecular weight excluding hydrogens is 264 g/mol. The van der Waals surface area contributed by atoms with Crippen LogP contribution in [0.25, 0.3) is 0 Å². The van der Waals surface area contributed by atoms with Crippen LogP contribution in [0.2, 0.25) is 0 Å². The fraction of sp³-hybridized carbons (Fsp3) is 0.462. The number of hydrogen-bond donors (Lipinski definition) is 1. The summed E-state index contributed by atoms with van der Waals surface area (Å²) in [6.45, 7) is 3.22. The van der Waals surface area contributed by atoms with Crippen LogP contribution in [0, 0.1) is 16.7 Å². The van der Waals surface area contributed by atoms with Crippen molar-refractivity contribution in [2.24, 2.45) is 5.41 Å². The fourth-order valence-electron chi connectivity index (χ4n) is 1.88. The Morgan fingerprint density at radius 1 is 1.50 bits per heavy atom. The number of hydrogen-bond acceptors (Lipinski definition) is 2. The van der Waals surface area contributed by atoms with Crippen LogP contribution in [0.3, 0.4) is 0 Å². The molecule has 1 aromatic carbocycles. The second-order valence-electron chi connectivity index (χ2n) is 4.51. The molecule has 0 aliphatic heterocycles. The standard InChI is InChI=1S/C13H15BrN2/c1-2-13(5-6-13)9-16-12-7-11(14)4-3-10(12)8-15/h3-4,7,16H,2,5-6,9H2,1H3. The van der Waals surface area contributed by atoms with E-state index in [1.54, 1.807) is 0 Å². The van der Waals surface area contributed by atoms with Gasteiger partial charge in [0.15, 0.2) is 0 Å². The van der Waals surface area contributed by atoms with Crippen molar-refractivity contribution in [3.05, 3.63) is 28.2 Å². The quantitative estimate of drug-likeness (QED) is 0.906. The lowest BCUT2D eigenvalue weighted by molar-refractivity contribution is 0.521. The molecule has 1 aliphatic rings. The van der Waals surface area contributed by atoms with Gasteiger partial charge in [-0.1, -0.05) is 22.9 Å². The first-order valence-electron chi connectivity index (χ1n) is 5.63. The number of rotatable bonds is 4. The van der Waals surface area contributed by atoms with Gasteiger partial charge in [0.05, 0.1) is 11.3 Å². The first-order valence-corrected chi connectivity index (χ1v) is 6.42. The third-order valence-electron chi connectivity index (χ3n) is 3.46. The van der Waals surface area contributed by atoms with Crippen LogP contribution in [-0.2, 0) is 0 Å². The highest BCUT2D eigenvalue weighted by Crippen LogP contribution is 2.48. The summed E-state index contributed by atoms with van der Waals surface area (Å²) < 4.78 is 1.01. The van der Waals surface area contributed by atoms with Gasteiger partial charge in [0, 0.05) is 11.0 Å². The van der Waals surface area contributed by atoms with E-state index in [4.69, 9.17) is 5.26 Å². The Kier molecular flexibility index (Phi) is 3.20. The maximum Gasteiger partial charge on any atom is 0.101 e. The predicted molar refractivity (Wildman–Crippen MR) is 69.3 cm³/mol. The molecular formula is C13H15BrN2. The van der Waals surface area contributed by atoms with Crippen molar-refractivity contribution in [2.75, 3.05) is 11.9 Å². The van der Waals surface area contributed by atoms with Crippen molar-refractivity contribution >= 4 is 21.6 Å². The lowest BCUT2D eigenvalue weighted by Gasteiger charge is -2.15. The van der Waals surface area contributed by atoms with E-state index in [-0.39, 0.29) is 0 Å². The highest BCUT2D eigenvalue weighted by molar-refractivity contribution is 9.10. The molecule has 1 aliphatic carbocycles. The molecule has 0 radical (unpaired) electrons. The first kappa shape index (κ1) is 11.5. The number of nitrogens with zero attached hydrogens (tertiary/aromatic N) is 1. The zero-order valence-electron chi connectivity index (χ0n) is 9.39. The molecule has 0 spiro atoms. The summed E-state index contributed by atoms with van der Waals surface area (Å²) in [6, 6.07) is 7.94. The Balaban J connectivity index is 2.09. The Morgan fingerprint density at radius 3 is 2.81 bits per heavy atom. The van der Waals surface area contributed by atoms with E-state index in [1.165, 1.54) is 19.3 Å². The van der Waals surface area contributed by atoms with Crippen LogP contribution >= 0.6 is 15.9 Å². The minimum Gasteiger partial charge on any atom is -0.383 e. The average molecular weight is 279 g/mol. The van der Waals surface area contributed by atoms with Crippen LogP contribution < -0.4 is 5.32 Å². The molecule has 1 saturated carbocycles. The molecule has 16 heavy (non-hydrogen) atoms. The van der Waals surface area contributed by atoms with Gasteiger partial charge in [0.25, 0.3) is 0 Å². The first-order chi connectivity index (χ1) is 7.69. The van der Waals surface area contributed by atoms with E-state index in [2.05, 4.69) is 34.2 Å². The Morgan fingerprint density at radius 2 is 2.25 bits per heavy atom. The highest BCUT2D eigenvalue weighted by Gasteiger charge is 2.40. The molecule has 0 heterocycles. The molecule has 84 valence electrons. The maximum absolute atomic E-state index is 9.01. The van der Waals surface area contributed by atoms with E-state index in [1.807, 2.05) is 18.2 Å². The van der Waals surface area contributed by atoms with Gasteiger partial charge in [0.1, 0.15) is 6.07 Å². The molecule has 1 N–H and O–H groups in total. The normalized spacial score (nSPS) is 16.6. The third kappa shape index (κ3) is 2.38. The van der Waals surface area contributed by atoms with E-state index in [9.17, 15) is 0 Å². The van der Waals surface area contributed by atoms with E-state index in [0.717, 1.165) is 22.3 Å². The molecule has 0 aromatic heterocycles. The lowest BCUT2D eigenvalue weighted by Crippen LogP contribution is -2.15. The molecule has 0 atom stereocenters. The van der Waals surface area contributed by atoms with Crippen LogP contribution in [0.5, 0.6) is 0 Å². The molecule has 2 rings (SSSR count). The number of benzene rings is 1. The van der Waals surface area contributed by atoms with Crippen molar-refractivity contribution in [2.45, 2.75) is 26.2 Å². The van der Waals surface area contributed by atoms with Crippen molar-refractivity contribution in [1.29, 1.82) is 5.26 Å². The second kappa shape index (κ2) is 4.47. The molecule has 2 nitrogen and oxygen atoms in total. The third-order valence-corrected chi connectivity index (χ3v) is 3.96. The van der Waals surface area contributed by atoms with Crippen molar-refractivity contribution in [3.8, 4) is 6.07 Å². The topological polar surface area (TPSA) is 35.8 Å². The second-order valence-corrected chi connectivity index (χ2v) is 5.42. The van der Waals surface area contributed by atoms with Crippen LogP contribution in [0.15, 0.2) is 22.7 Å².